The molecule has 2 unspecified atom stereocenters. The van der Waals surface area contributed by atoms with Crippen molar-refractivity contribution in [2.45, 2.75) is 45.7 Å². The van der Waals surface area contributed by atoms with Crippen molar-refractivity contribution < 1.29 is 9.90 Å². The number of hydrogen-bond donors (Lipinski definition) is 1. The van der Waals surface area contributed by atoms with Gasteiger partial charge in [0.2, 0.25) is 0 Å². The van der Waals surface area contributed by atoms with E-state index in [4.69, 9.17) is 16.6 Å². The number of aryl methyl sites for hydroxylation is 1. The van der Waals surface area contributed by atoms with Gasteiger partial charge in [-0.25, -0.2) is 14.8 Å². The van der Waals surface area contributed by atoms with E-state index in [9.17, 15) is 9.90 Å². The van der Waals surface area contributed by atoms with Gasteiger partial charge in [-0.2, -0.15) is 0 Å². The lowest BCUT2D eigenvalue weighted by Gasteiger charge is -2.42. The van der Waals surface area contributed by atoms with E-state index in [-0.39, 0.29) is 11.6 Å². The lowest BCUT2D eigenvalue weighted by atomic mass is 10.1. The smallest absolute Gasteiger partial charge is 0.337 e. The lowest BCUT2D eigenvalue weighted by molar-refractivity contribution is 0.0696. The molecular formula is C28H32ClN5O2. The minimum atomic E-state index is -0.952. The molecule has 5 rings (SSSR count). The number of aromatic carboxylic acids is 1. The summed E-state index contributed by atoms with van der Waals surface area (Å²) in [6.07, 6.45) is 3.81. The van der Waals surface area contributed by atoms with Gasteiger partial charge in [-0.15, -0.1) is 0 Å². The Morgan fingerprint density at radius 3 is 2.56 bits per heavy atom. The maximum absolute atomic E-state index is 11.3. The molecule has 4 heterocycles. The summed E-state index contributed by atoms with van der Waals surface area (Å²) in [6.45, 7) is 9.87. The molecule has 2 atom stereocenters. The van der Waals surface area contributed by atoms with Crippen LogP contribution in [0.3, 0.4) is 0 Å². The van der Waals surface area contributed by atoms with Gasteiger partial charge in [0.25, 0.3) is 0 Å². The number of anilines is 3. The Bertz CT molecular complexity index is 1280. The summed E-state index contributed by atoms with van der Waals surface area (Å²) in [5.41, 5.74) is 4.21. The summed E-state index contributed by atoms with van der Waals surface area (Å²) in [4.78, 5) is 28.0. The molecule has 2 aliphatic heterocycles. The SMILES string of the molecule is Cc1cc(C(=O)O)cnc1N1CCN(c2cc(-c3cccc(Cl)c3)nc(N3CCCC3C)c2)C(C)C1. The average Bonchev–Trinajstić information content (AvgIpc) is 3.29. The van der Waals surface area contributed by atoms with Gasteiger partial charge in [-0.1, -0.05) is 23.7 Å². The molecular weight excluding hydrogens is 474 g/mol. The van der Waals surface area contributed by atoms with Gasteiger partial charge in [0.05, 0.1) is 11.3 Å². The van der Waals surface area contributed by atoms with E-state index in [2.05, 4.69) is 51.7 Å². The minimum absolute atomic E-state index is 0.219. The Morgan fingerprint density at radius 2 is 1.89 bits per heavy atom. The molecule has 1 N–H and O–H groups in total. The second kappa shape index (κ2) is 9.97. The van der Waals surface area contributed by atoms with E-state index >= 15 is 0 Å². The zero-order chi connectivity index (χ0) is 25.4. The summed E-state index contributed by atoms with van der Waals surface area (Å²) in [5, 5.41) is 9.98. The molecule has 2 fully saturated rings. The van der Waals surface area contributed by atoms with Gasteiger partial charge >= 0.3 is 5.97 Å². The molecule has 7 nitrogen and oxygen atoms in total. The molecule has 0 amide bonds. The highest BCUT2D eigenvalue weighted by atomic mass is 35.5. The number of halogens is 1. The molecule has 0 bridgehead atoms. The largest absolute Gasteiger partial charge is 0.478 e. The number of carbonyl (C=O) groups is 1. The topological polar surface area (TPSA) is 72.8 Å². The van der Waals surface area contributed by atoms with Gasteiger partial charge in [0.1, 0.15) is 11.6 Å². The van der Waals surface area contributed by atoms with Gasteiger partial charge in [-0.05, 0) is 63.4 Å². The van der Waals surface area contributed by atoms with Crippen LogP contribution in [0.5, 0.6) is 0 Å². The average molecular weight is 506 g/mol. The van der Waals surface area contributed by atoms with Crippen molar-refractivity contribution >= 4 is 34.9 Å². The number of hydrogen-bond acceptors (Lipinski definition) is 6. The van der Waals surface area contributed by atoms with E-state index in [1.807, 2.05) is 25.1 Å². The molecule has 36 heavy (non-hydrogen) atoms. The summed E-state index contributed by atoms with van der Waals surface area (Å²) in [6, 6.07) is 14.7. The molecule has 0 radical (unpaired) electrons. The van der Waals surface area contributed by atoms with Crippen molar-refractivity contribution in [2.24, 2.45) is 0 Å². The predicted molar refractivity (Wildman–Crippen MR) is 146 cm³/mol. The monoisotopic (exact) mass is 505 g/mol. The van der Waals surface area contributed by atoms with E-state index in [0.29, 0.717) is 11.1 Å². The summed E-state index contributed by atoms with van der Waals surface area (Å²) in [7, 11) is 0. The number of benzene rings is 1. The van der Waals surface area contributed by atoms with Crippen molar-refractivity contribution in [3.63, 3.8) is 0 Å². The van der Waals surface area contributed by atoms with Crippen LogP contribution in [0.15, 0.2) is 48.7 Å². The van der Waals surface area contributed by atoms with Crippen LogP contribution in [-0.2, 0) is 0 Å². The first kappa shape index (κ1) is 24.4. The van der Waals surface area contributed by atoms with Crippen LogP contribution in [-0.4, -0.2) is 59.3 Å². The Kier molecular flexibility index (Phi) is 6.75. The van der Waals surface area contributed by atoms with Crippen molar-refractivity contribution in [2.75, 3.05) is 40.9 Å². The molecule has 0 saturated carbocycles. The molecule has 0 spiro atoms. The first-order chi connectivity index (χ1) is 17.3. The molecule has 2 saturated heterocycles. The van der Waals surface area contributed by atoms with Crippen LogP contribution >= 0.6 is 11.6 Å². The third-order valence-electron chi connectivity index (χ3n) is 7.32. The van der Waals surface area contributed by atoms with E-state index in [1.54, 1.807) is 6.07 Å². The van der Waals surface area contributed by atoms with Gasteiger partial charge < -0.3 is 19.8 Å². The third kappa shape index (κ3) is 4.85. The number of pyridine rings is 2. The van der Waals surface area contributed by atoms with Crippen molar-refractivity contribution in [3.05, 3.63) is 64.8 Å². The van der Waals surface area contributed by atoms with Crippen molar-refractivity contribution in [1.29, 1.82) is 0 Å². The lowest BCUT2D eigenvalue weighted by Crippen LogP contribution is -2.52. The summed E-state index contributed by atoms with van der Waals surface area (Å²) in [5.74, 6) is 0.919. The maximum Gasteiger partial charge on any atom is 0.337 e. The molecule has 0 aliphatic carbocycles. The number of carboxylic acids is 1. The van der Waals surface area contributed by atoms with Crippen LogP contribution in [0.25, 0.3) is 11.3 Å². The quantitative estimate of drug-likeness (QED) is 0.490. The summed E-state index contributed by atoms with van der Waals surface area (Å²) >= 11 is 6.32. The molecule has 188 valence electrons. The van der Waals surface area contributed by atoms with E-state index in [0.717, 1.165) is 60.3 Å². The molecule has 2 aromatic heterocycles. The molecule has 3 aromatic rings. The highest BCUT2D eigenvalue weighted by Gasteiger charge is 2.28. The zero-order valence-electron chi connectivity index (χ0n) is 21.0. The fourth-order valence-electron chi connectivity index (χ4n) is 5.43. The van der Waals surface area contributed by atoms with E-state index in [1.165, 1.54) is 19.0 Å². The van der Waals surface area contributed by atoms with Crippen LogP contribution in [0.2, 0.25) is 5.02 Å². The zero-order valence-corrected chi connectivity index (χ0v) is 21.7. The Labute approximate surface area is 217 Å². The molecule has 2 aliphatic rings. The fourth-order valence-corrected chi connectivity index (χ4v) is 5.62. The Morgan fingerprint density at radius 1 is 1.06 bits per heavy atom. The summed E-state index contributed by atoms with van der Waals surface area (Å²) < 4.78 is 0. The highest BCUT2D eigenvalue weighted by Crippen LogP contribution is 2.34. The van der Waals surface area contributed by atoms with Crippen LogP contribution < -0.4 is 14.7 Å². The predicted octanol–water partition coefficient (Wildman–Crippen LogP) is 5.51. The Hall–Kier alpha value is -3.32. The molecule has 8 heteroatoms. The first-order valence-electron chi connectivity index (χ1n) is 12.6. The second-order valence-corrected chi connectivity index (χ2v) is 10.4. The Balaban J connectivity index is 1.45. The maximum atomic E-state index is 11.3. The van der Waals surface area contributed by atoms with Crippen LogP contribution in [0.1, 0.15) is 42.6 Å². The third-order valence-corrected chi connectivity index (χ3v) is 7.56. The second-order valence-electron chi connectivity index (χ2n) is 9.92. The van der Waals surface area contributed by atoms with E-state index < -0.39 is 5.97 Å². The van der Waals surface area contributed by atoms with Crippen molar-refractivity contribution in [1.82, 2.24) is 9.97 Å². The van der Waals surface area contributed by atoms with Crippen LogP contribution in [0.4, 0.5) is 17.3 Å². The van der Waals surface area contributed by atoms with Gasteiger partial charge in [-0.3, -0.25) is 0 Å². The standard InChI is InChI=1S/C28H32ClN5O2/c1-18-12-22(28(35)36)16-30-27(18)32-10-11-33(20(3)17-32)24-14-25(21-7-4-8-23(29)13-21)31-26(15-24)34-9-5-6-19(34)2/h4,7-8,12-16,19-20H,5-6,9-11,17H2,1-3H3,(H,35,36). The number of aromatic nitrogens is 2. The van der Waals surface area contributed by atoms with Crippen molar-refractivity contribution in [3.8, 4) is 11.3 Å². The first-order valence-corrected chi connectivity index (χ1v) is 12.9. The minimum Gasteiger partial charge on any atom is -0.478 e. The number of carboxylic acid groups (broad SMARTS) is 1. The normalized spacial score (nSPS) is 20.2. The molecule has 1 aromatic carbocycles. The number of piperazine rings is 1. The van der Waals surface area contributed by atoms with Crippen LogP contribution in [0, 0.1) is 6.92 Å². The number of rotatable bonds is 5. The van der Waals surface area contributed by atoms with Gasteiger partial charge in [0.15, 0.2) is 0 Å². The number of nitrogens with zero attached hydrogens (tertiary/aromatic N) is 5. The highest BCUT2D eigenvalue weighted by molar-refractivity contribution is 6.30. The van der Waals surface area contributed by atoms with Gasteiger partial charge in [0, 0.05) is 66.8 Å². The fraction of sp³-hybridized carbons (Fsp3) is 0.393.